The number of sulfonamides is 1. The first-order chi connectivity index (χ1) is 14.9. The number of rotatable bonds is 7. The van der Waals surface area contributed by atoms with E-state index in [1.165, 1.54) is 30.9 Å². The molecule has 2 aromatic rings. The van der Waals surface area contributed by atoms with Gasteiger partial charge in [0.1, 0.15) is 10.6 Å². The summed E-state index contributed by atoms with van der Waals surface area (Å²) >= 11 is 0. The molecule has 0 saturated carbocycles. The summed E-state index contributed by atoms with van der Waals surface area (Å²) in [6.07, 6.45) is -4.08. The van der Waals surface area contributed by atoms with Gasteiger partial charge in [0.2, 0.25) is 15.9 Å². The third-order valence-corrected chi connectivity index (χ3v) is 6.77. The summed E-state index contributed by atoms with van der Waals surface area (Å²) in [4.78, 5) is 13.3. The van der Waals surface area contributed by atoms with E-state index in [4.69, 9.17) is 9.26 Å². The molecule has 1 saturated heterocycles. The van der Waals surface area contributed by atoms with Crippen molar-refractivity contribution in [2.24, 2.45) is 0 Å². The van der Waals surface area contributed by atoms with Gasteiger partial charge in [-0.15, -0.1) is 0 Å². The lowest BCUT2D eigenvalue weighted by molar-refractivity contribution is -0.137. The second kappa shape index (κ2) is 9.04. The van der Waals surface area contributed by atoms with Crippen LogP contribution in [0.3, 0.4) is 0 Å². The maximum Gasteiger partial charge on any atom is 0.416 e. The monoisotopic (exact) mass is 473 g/mol. The maximum atomic E-state index is 12.9. The second-order valence-electron chi connectivity index (χ2n) is 7.37. The quantitative estimate of drug-likeness (QED) is 0.621. The van der Waals surface area contributed by atoms with Crippen LogP contribution in [0.15, 0.2) is 46.3 Å². The van der Waals surface area contributed by atoms with Crippen LogP contribution in [0.1, 0.15) is 22.6 Å². The Balaban J connectivity index is 1.76. The van der Waals surface area contributed by atoms with Crippen molar-refractivity contribution in [3.63, 3.8) is 0 Å². The van der Waals surface area contributed by atoms with E-state index in [-0.39, 0.29) is 36.0 Å². The van der Waals surface area contributed by atoms with Gasteiger partial charge in [0.05, 0.1) is 24.3 Å². The van der Waals surface area contributed by atoms with Crippen molar-refractivity contribution in [2.45, 2.75) is 43.7 Å². The summed E-state index contributed by atoms with van der Waals surface area (Å²) in [6.45, 7) is 6.44. The number of benzene rings is 1. The zero-order chi connectivity index (χ0) is 23.7. The number of ether oxygens (including phenoxy) is 1. The molecule has 2 atom stereocenters. The van der Waals surface area contributed by atoms with Crippen LogP contribution in [0.2, 0.25) is 0 Å². The standard InChI is InChI=1S/C20H22F3N3O5S/c1-4-18(27)26-9-16(25-32(28,29)19-12(2)24-31-13(19)3)17(10-26)30-11-14-5-7-15(8-6-14)20(21,22)23/h4-8,16-17,25H,1,9-11H2,2-3H3/t16-,17-/m1/s1. The molecule has 0 unspecified atom stereocenters. The molecule has 8 nitrogen and oxygen atoms in total. The molecule has 3 rings (SSSR count). The number of aryl methyl sites for hydroxylation is 2. The summed E-state index contributed by atoms with van der Waals surface area (Å²) in [5.74, 6) is -0.276. The molecule has 1 aliphatic heterocycles. The molecule has 1 aromatic carbocycles. The number of nitrogens with one attached hydrogen (secondary N) is 1. The molecule has 1 amide bonds. The number of hydrogen-bond acceptors (Lipinski definition) is 6. The average Bonchev–Trinajstić information content (AvgIpc) is 3.27. The minimum atomic E-state index is -4.45. The van der Waals surface area contributed by atoms with Crippen LogP contribution in [-0.2, 0) is 32.3 Å². The highest BCUT2D eigenvalue weighted by atomic mass is 32.2. The Morgan fingerprint density at radius 2 is 1.97 bits per heavy atom. The molecule has 0 bridgehead atoms. The van der Waals surface area contributed by atoms with Crippen LogP contribution in [0.4, 0.5) is 13.2 Å². The predicted octanol–water partition coefficient (Wildman–Crippen LogP) is 2.57. The third-order valence-electron chi connectivity index (χ3n) is 5.04. The number of hydrogen-bond donors (Lipinski definition) is 1. The van der Waals surface area contributed by atoms with Crippen molar-refractivity contribution in [3.05, 3.63) is 59.5 Å². The highest BCUT2D eigenvalue weighted by Gasteiger charge is 2.39. The van der Waals surface area contributed by atoms with Gasteiger partial charge in [-0.2, -0.15) is 13.2 Å². The Labute approximate surface area is 183 Å². The van der Waals surface area contributed by atoms with E-state index < -0.39 is 39.8 Å². The van der Waals surface area contributed by atoms with E-state index in [0.29, 0.717) is 5.56 Å². The van der Waals surface area contributed by atoms with Crippen LogP contribution >= 0.6 is 0 Å². The maximum absolute atomic E-state index is 12.9. The summed E-state index contributed by atoms with van der Waals surface area (Å²) < 4.78 is 77.2. The molecule has 0 spiro atoms. The SMILES string of the molecule is C=CC(=O)N1C[C@@H](NS(=O)(=O)c2c(C)noc2C)[C@H](OCc2ccc(C(F)(F)F)cc2)C1. The molecule has 1 aliphatic rings. The zero-order valence-electron chi connectivity index (χ0n) is 17.3. The normalized spacial score (nSPS) is 19.3. The first kappa shape index (κ1) is 24.0. The van der Waals surface area contributed by atoms with Gasteiger partial charge in [-0.05, 0) is 37.6 Å². The number of halogens is 3. The van der Waals surface area contributed by atoms with E-state index in [9.17, 15) is 26.4 Å². The van der Waals surface area contributed by atoms with Crippen molar-refractivity contribution >= 4 is 15.9 Å². The Morgan fingerprint density at radius 3 is 2.50 bits per heavy atom. The average molecular weight is 473 g/mol. The van der Waals surface area contributed by atoms with Crippen molar-refractivity contribution < 1.29 is 35.6 Å². The fourth-order valence-electron chi connectivity index (χ4n) is 3.47. The third kappa shape index (κ3) is 5.19. The van der Waals surface area contributed by atoms with Crippen LogP contribution in [0.5, 0.6) is 0 Å². The lowest BCUT2D eigenvalue weighted by Crippen LogP contribution is -2.44. The largest absolute Gasteiger partial charge is 0.416 e. The Hall–Kier alpha value is -2.70. The van der Waals surface area contributed by atoms with Gasteiger partial charge in [-0.25, -0.2) is 13.1 Å². The molecule has 12 heteroatoms. The number of carbonyl (C=O) groups is 1. The molecule has 174 valence electrons. The first-order valence-corrected chi connectivity index (χ1v) is 11.0. The van der Waals surface area contributed by atoms with Gasteiger partial charge in [0, 0.05) is 13.1 Å². The number of alkyl halides is 3. The number of likely N-dealkylation sites (tertiary alicyclic amines) is 1. The van der Waals surface area contributed by atoms with E-state index in [2.05, 4.69) is 16.5 Å². The smallest absolute Gasteiger partial charge is 0.370 e. The topological polar surface area (TPSA) is 102 Å². The summed E-state index contributed by atoms with van der Waals surface area (Å²) in [5, 5.41) is 3.65. The van der Waals surface area contributed by atoms with Gasteiger partial charge >= 0.3 is 6.18 Å². The van der Waals surface area contributed by atoms with E-state index in [0.717, 1.165) is 18.2 Å². The minimum Gasteiger partial charge on any atom is -0.370 e. The molecule has 0 aliphatic carbocycles. The Kier molecular flexibility index (Phi) is 6.77. The molecular weight excluding hydrogens is 451 g/mol. The number of carbonyl (C=O) groups excluding carboxylic acids is 1. The molecular formula is C20H22F3N3O5S. The molecule has 32 heavy (non-hydrogen) atoms. The first-order valence-electron chi connectivity index (χ1n) is 9.56. The highest BCUT2D eigenvalue weighted by molar-refractivity contribution is 7.89. The molecule has 1 aromatic heterocycles. The van der Waals surface area contributed by atoms with E-state index >= 15 is 0 Å². The fourth-order valence-corrected chi connectivity index (χ4v) is 5.06. The van der Waals surface area contributed by atoms with E-state index in [1.807, 2.05) is 0 Å². The lowest BCUT2D eigenvalue weighted by Gasteiger charge is -2.20. The zero-order valence-corrected chi connectivity index (χ0v) is 18.2. The highest BCUT2D eigenvalue weighted by Crippen LogP contribution is 2.29. The van der Waals surface area contributed by atoms with E-state index in [1.54, 1.807) is 0 Å². The van der Waals surface area contributed by atoms with Gasteiger partial charge in [0.25, 0.3) is 0 Å². The molecule has 2 heterocycles. The van der Waals surface area contributed by atoms with Gasteiger partial charge in [0.15, 0.2) is 5.76 Å². The van der Waals surface area contributed by atoms with Crippen molar-refractivity contribution in [1.82, 2.24) is 14.8 Å². The predicted molar refractivity (Wildman–Crippen MR) is 107 cm³/mol. The van der Waals surface area contributed by atoms with Crippen molar-refractivity contribution in [3.8, 4) is 0 Å². The summed E-state index contributed by atoms with van der Waals surface area (Å²) in [7, 11) is -4.03. The lowest BCUT2D eigenvalue weighted by atomic mass is 10.1. The number of aromatic nitrogens is 1. The van der Waals surface area contributed by atoms with Crippen molar-refractivity contribution in [2.75, 3.05) is 13.1 Å². The van der Waals surface area contributed by atoms with Crippen LogP contribution in [0, 0.1) is 13.8 Å². The van der Waals surface area contributed by atoms with Crippen LogP contribution < -0.4 is 4.72 Å². The Bertz CT molecular complexity index is 1080. The second-order valence-corrected chi connectivity index (χ2v) is 9.02. The molecule has 1 N–H and O–H groups in total. The number of amides is 1. The van der Waals surface area contributed by atoms with Gasteiger partial charge in [-0.3, -0.25) is 4.79 Å². The summed E-state index contributed by atoms with van der Waals surface area (Å²) in [5.41, 5.74) is -0.122. The molecule has 1 fully saturated rings. The van der Waals surface area contributed by atoms with Gasteiger partial charge < -0.3 is 14.2 Å². The molecule has 0 radical (unpaired) electrons. The summed E-state index contributed by atoms with van der Waals surface area (Å²) in [6, 6.07) is 3.66. The van der Waals surface area contributed by atoms with Crippen LogP contribution in [-0.4, -0.2) is 49.6 Å². The van der Waals surface area contributed by atoms with Crippen LogP contribution in [0.25, 0.3) is 0 Å². The fraction of sp³-hybridized carbons (Fsp3) is 0.400. The Morgan fingerprint density at radius 1 is 1.31 bits per heavy atom. The number of nitrogens with zero attached hydrogens (tertiary/aromatic N) is 2. The van der Waals surface area contributed by atoms with Crippen molar-refractivity contribution in [1.29, 1.82) is 0 Å². The minimum absolute atomic E-state index is 0.0329. The van der Waals surface area contributed by atoms with Gasteiger partial charge in [-0.1, -0.05) is 23.9 Å².